The van der Waals surface area contributed by atoms with E-state index in [-0.39, 0.29) is 12.3 Å². The Hall–Kier alpha value is -2.67. The number of ether oxygens (including phenoxy) is 1. The Morgan fingerprint density at radius 2 is 2.25 bits per heavy atom. The van der Waals surface area contributed by atoms with Crippen molar-refractivity contribution in [1.82, 2.24) is 4.98 Å². The number of benzene rings is 1. The van der Waals surface area contributed by atoms with Crippen molar-refractivity contribution in [1.29, 1.82) is 0 Å². The molecule has 0 fully saturated rings. The van der Waals surface area contributed by atoms with Crippen molar-refractivity contribution in [2.24, 2.45) is 5.84 Å². The highest BCUT2D eigenvalue weighted by molar-refractivity contribution is 5.48. The number of hydrazine groups is 1. The van der Waals surface area contributed by atoms with Crippen molar-refractivity contribution in [2.75, 3.05) is 5.43 Å². The van der Waals surface area contributed by atoms with Gasteiger partial charge >= 0.3 is 0 Å². The maximum atomic E-state index is 10.8. The van der Waals surface area contributed by atoms with E-state index in [0.717, 1.165) is 5.69 Å². The summed E-state index contributed by atoms with van der Waals surface area (Å²) in [6.45, 7) is 1.86. The van der Waals surface area contributed by atoms with Crippen LogP contribution >= 0.6 is 0 Å². The van der Waals surface area contributed by atoms with E-state index in [9.17, 15) is 10.1 Å². The van der Waals surface area contributed by atoms with Gasteiger partial charge in [-0.3, -0.25) is 20.9 Å². The molecule has 2 aromatic rings. The summed E-state index contributed by atoms with van der Waals surface area (Å²) in [5, 5.41) is 10.8. The summed E-state index contributed by atoms with van der Waals surface area (Å²) in [6, 6.07) is 8.19. The zero-order chi connectivity index (χ0) is 14.5. The molecule has 0 bridgehead atoms. The second kappa shape index (κ2) is 5.98. The first-order chi connectivity index (χ1) is 9.61. The van der Waals surface area contributed by atoms with Gasteiger partial charge in [0.15, 0.2) is 0 Å². The van der Waals surface area contributed by atoms with Gasteiger partial charge in [-0.25, -0.2) is 0 Å². The minimum Gasteiger partial charge on any atom is -0.487 e. The molecule has 1 aromatic heterocycles. The molecule has 7 heteroatoms. The molecule has 1 heterocycles. The van der Waals surface area contributed by atoms with Gasteiger partial charge in [0, 0.05) is 12.3 Å². The molecule has 3 N–H and O–H groups in total. The van der Waals surface area contributed by atoms with Gasteiger partial charge in [0.05, 0.1) is 21.9 Å². The van der Waals surface area contributed by atoms with E-state index >= 15 is 0 Å². The first-order valence-corrected chi connectivity index (χ1v) is 5.90. The molecule has 2 rings (SSSR count). The van der Waals surface area contributed by atoms with Crippen LogP contribution in [0.3, 0.4) is 0 Å². The number of hydrogen-bond acceptors (Lipinski definition) is 6. The van der Waals surface area contributed by atoms with Crippen LogP contribution in [0, 0.1) is 17.0 Å². The van der Waals surface area contributed by atoms with Gasteiger partial charge in [0.1, 0.15) is 12.4 Å². The Morgan fingerprint density at radius 1 is 1.45 bits per heavy atom. The maximum Gasteiger partial charge on any atom is 0.276 e. The van der Waals surface area contributed by atoms with E-state index in [2.05, 4.69) is 10.4 Å². The number of nitro benzene ring substituents is 1. The molecule has 7 nitrogen and oxygen atoms in total. The molecule has 0 atom stereocenters. The first-order valence-electron chi connectivity index (χ1n) is 5.90. The summed E-state index contributed by atoms with van der Waals surface area (Å²) in [5.74, 6) is 5.77. The number of rotatable bonds is 5. The van der Waals surface area contributed by atoms with Gasteiger partial charge in [0.25, 0.3) is 5.69 Å². The lowest BCUT2D eigenvalue weighted by Gasteiger charge is -2.09. The number of aromatic nitrogens is 1. The Morgan fingerprint density at radius 3 is 2.95 bits per heavy atom. The predicted molar refractivity (Wildman–Crippen MR) is 74.2 cm³/mol. The number of nitrogen functional groups attached to an aromatic ring is 1. The SMILES string of the molecule is Cc1c(OCc2cc(NN)ccn2)cccc1[N+](=O)[O-]. The van der Waals surface area contributed by atoms with Gasteiger partial charge in [-0.1, -0.05) is 6.07 Å². The van der Waals surface area contributed by atoms with Crippen LogP contribution < -0.4 is 16.0 Å². The highest BCUT2D eigenvalue weighted by Gasteiger charge is 2.14. The van der Waals surface area contributed by atoms with E-state index in [4.69, 9.17) is 10.6 Å². The molecule has 0 spiro atoms. The van der Waals surface area contributed by atoms with E-state index in [1.807, 2.05) is 0 Å². The minimum atomic E-state index is -0.431. The lowest BCUT2D eigenvalue weighted by molar-refractivity contribution is -0.385. The summed E-state index contributed by atoms with van der Waals surface area (Å²) in [7, 11) is 0. The van der Waals surface area contributed by atoms with Gasteiger partial charge in [-0.05, 0) is 25.1 Å². The van der Waals surface area contributed by atoms with Gasteiger partial charge in [0.2, 0.25) is 0 Å². The summed E-state index contributed by atoms with van der Waals surface area (Å²) in [6.07, 6.45) is 1.61. The number of hydrogen-bond donors (Lipinski definition) is 2. The van der Waals surface area contributed by atoms with Crippen molar-refractivity contribution < 1.29 is 9.66 Å². The van der Waals surface area contributed by atoms with Crippen LogP contribution in [0.15, 0.2) is 36.5 Å². The zero-order valence-corrected chi connectivity index (χ0v) is 10.9. The van der Waals surface area contributed by atoms with Crippen LogP contribution in [0.1, 0.15) is 11.3 Å². The highest BCUT2D eigenvalue weighted by atomic mass is 16.6. The predicted octanol–water partition coefficient (Wildman–Crippen LogP) is 2.16. The maximum absolute atomic E-state index is 10.8. The van der Waals surface area contributed by atoms with Crippen LogP contribution in [0.25, 0.3) is 0 Å². The molecule has 20 heavy (non-hydrogen) atoms. The van der Waals surface area contributed by atoms with Gasteiger partial charge in [-0.2, -0.15) is 0 Å². The first kappa shape index (κ1) is 13.8. The highest BCUT2D eigenvalue weighted by Crippen LogP contribution is 2.27. The Kier molecular flexibility index (Phi) is 4.11. The summed E-state index contributed by atoms with van der Waals surface area (Å²) in [5.41, 5.74) is 4.43. The minimum absolute atomic E-state index is 0.0350. The van der Waals surface area contributed by atoms with E-state index in [1.54, 1.807) is 37.4 Å². The van der Waals surface area contributed by atoms with Crippen molar-refractivity contribution >= 4 is 11.4 Å². The molecule has 0 saturated heterocycles. The van der Waals surface area contributed by atoms with Crippen molar-refractivity contribution in [3.8, 4) is 5.75 Å². The zero-order valence-electron chi connectivity index (χ0n) is 10.9. The molecule has 0 aliphatic carbocycles. The third-order valence-electron chi connectivity index (χ3n) is 2.81. The number of nitrogens with one attached hydrogen (secondary N) is 1. The number of nitrogens with zero attached hydrogens (tertiary/aromatic N) is 2. The molecule has 0 aliphatic heterocycles. The van der Waals surface area contributed by atoms with Crippen molar-refractivity contribution in [3.63, 3.8) is 0 Å². The van der Waals surface area contributed by atoms with E-state index < -0.39 is 4.92 Å². The quantitative estimate of drug-likeness (QED) is 0.492. The molecule has 0 amide bonds. The summed E-state index contributed by atoms with van der Waals surface area (Å²) in [4.78, 5) is 14.6. The fraction of sp³-hybridized carbons (Fsp3) is 0.154. The van der Waals surface area contributed by atoms with Crippen LogP contribution in [0.5, 0.6) is 5.75 Å². The smallest absolute Gasteiger partial charge is 0.276 e. The van der Waals surface area contributed by atoms with Crippen LogP contribution in [0.4, 0.5) is 11.4 Å². The molecule has 0 saturated carbocycles. The molecule has 104 valence electrons. The average molecular weight is 274 g/mol. The number of anilines is 1. The Bertz CT molecular complexity index is 631. The third kappa shape index (κ3) is 3.01. The van der Waals surface area contributed by atoms with Crippen molar-refractivity contribution in [3.05, 3.63) is 57.9 Å². The number of nitrogens with two attached hydrogens (primary N) is 1. The second-order valence-electron chi connectivity index (χ2n) is 4.13. The fourth-order valence-electron chi connectivity index (χ4n) is 1.76. The monoisotopic (exact) mass is 274 g/mol. The molecule has 0 aliphatic rings. The molecule has 0 unspecified atom stereocenters. The largest absolute Gasteiger partial charge is 0.487 e. The second-order valence-corrected chi connectivity index (χ2v) is 4.13. The van der Waals surface area contributed by atoms with Crippen molar-refractivity contribution in [2.45, 2.75) is 13.5 Å². The molecule has 1 aromatic carbocycles. The lowest BCUT2D eigenvalue weighted by Crippen LogP contribution is -2.08. The molecule has 0 radical (unpaired) electrons. The molecular weight excluding hydrogens is 260 g/mol. The number of pyridine rings is 1. The van der Waals surface area contributed by atoms with Crippen LogP contribution in [0.2, 0.25) is 0 Å². The van der Waals surface area contributed by atoms with E-state index in [1.165, 1.54) is 6.07 Å². The lowest BCUT2D eigenvalue weighted by atomic mass is 10.2. The Labute approximate surface area is 115 Å². The van der Waals surface area contributed by atoms with Gasteiger partial charge < -0.3 is 10.2 Å². The van der Waals surface area contributed by atoms with Crippen LogP contribution in [-0.4, -0.2) is 9.91 Å². The average Bonchev–Trinajstić information content (AvgIpc) is 2.46. The number of nitro groups is 1. The fourth-order valence-corrected chi connectivity index (χ4v) is 1.76. The van der Waals surface area contributed by atoms with Gasteiger partial charge in [-0.15, -0.1) is 0 Å². The Balaban J connectivity index is 2.14. The van der Waals surface area contributed by atoms with Crippen LogP contribution in [-0.2, 0) is 6.61 Å². The topological polar surface area (TPSA) is 103 Å². The normalized spacial score (nSPS) is 10.1. The van der Waals surface area contributed by atoms with E-state index in [0.29, 0.717) is 17.0 Å². The summed E-state index contributed by atoms with van der Waals surface area (Å²) >= 11 is 0. The third-order valence-corrected chi connectivity index (χ3v) is 2.81. The standard InChI is InChI=1S/C13H14N4O3/c1-9-12(17(18)19)3-2-4-13(9)20-8-11-7-10(16-14)5-6-15-11/h2-7H,8,14H2,1H3,(H,15,16). The molecular formula is C13H14N4O3. The summed E-state index contributed by atoms with van der Waals surface area (Å²) < 4.78 is 5.58.